The van der Waals surface area contributed by atoms with Crippen LogP contribution in [0, 0.1) is 33.8 Å². The monoisotopic (exact) mass is 296 g/mol. The van der Waals surface area contributed by atoms with Crippen LogP contribution in [0.2, 0.25) is 0 Å². The third kappa shape index (κ3) is 10.9. The van der Waals surface area contributed by atoms with Crippen molar-refractivity contribution in [3.63, 3.8) is 0 Å². The fourth-order valence-corrected chi connectivity index (χ4v) is 1.82. The zero-order valence-electron chi connectivity index (χ0n) is 11.0. The van der Waals surface area contributed by atoms with E-state index in [1.54, 1.807) is 0 Å². The normalized spacial score (nSPS) is 17.3. The molecule has 0 N–H and O–H groups in total. The van der Waals surface area contributed by atoms with E-state index in [0.29, 0.717) is 0 Å². The molecule has 0 radical (unpaired) electrons. The Labute approximate surface area is 123 Å². The first-order chi connectivity index (χ1) is 6.43. The van der Waals surface area contributed by atoms with Crippen molar-refractivity contribution in [3.8, 4) is 0 Å². The van der Waals surface area contributed by atoms with Gasteiger partial charge >= 0.3 is 26.2 Å². The minimum absolute atomic E-state index is 0. The molecule has 0 aromatic heterocycles. The van der Waals surface area contributed by atoms with Crippen LogP contribution in [0.5, 0.6) is 0 Å². The molecule has 2 rings (SSSR count). The van der Waals surface area contributed by atoms with Gasteiger partial charge in [0.25, 0.3) is 0 Å². The molecule has 1 fully saturated rings. The average molecular weight is 298 g/mol. The first kappa shape index (κ1) is 21.6. The summed E-state index contributed by atoms with van der Waals surface area (Å²) in [4.78, 5) is 0. The molecule has 0 saturated heterocycles. The van der Waals surface area contributed by atoms with Crippen LogP contribution in [-0.2, 0) is 26.2 Å². The topological polar surface area (TPSA) is 0 Å². The van der Waals surface area contributed by atoms with Crippen LogP contribution in [0.1, 0.15) is 44.9 Å². The molecule has 0 heterocycles. The molecule has 0 amide bonds. The second-order valence-corrected chi connectivity index (χ2v) is 3.80. The van der Waals surface area contributed by atoms with Crippen LogP contribution >= 0.6 is 0 Å². The summed E-state index contributed by atoms with van der Waals surface area (Å²) in [5.74, 6) is 0.976. The van der Waals surface area contributed by atoms with Gasteiger partial charge < -0.3 is 21.8 Å². The molecule has 2 aliphatic rings. The van der Waals surface area contributed by atoms with Crippen molar-refractivity contribution in [3.05, 3.63) is 46.1 Å². The number of hydrogen-bond acceptors (Lipinski definition) is 0. The van der Waals surface area contributed by atoms with Crippen molar-refractivity contribution in [1.29, 1.82) is 0 Å². The van der Waals surface area contributed by atoms with Gasteiger partial charge in [-0.2, -0.15) is 12.5 Å². The molecule has 0 aromatic rings. The molecule has 0 aliphatic heterocycles. The molecule has 1 saturated carbocycles. The van der Waals surface area contributed by atoms with E-state index < -0.39 is 0 Å². The summed E-state index contributed by atoms with van der Waals surface area (Å²) in [6.07, 6.45) is 18.4. The van der Waals surface area contributed by atoms with Gasteiger partial charge in [-0.1, -0.05) is 38.0 Å². The number of allylic oxidation sites excluding steroid dienone is 4. The zero-order chi connectivity index (χ0) is 9.36. The molecule has 0 atom stereocenters. The Balaban J connectivity index is -0.000000189. The van der Waals surface area contributed by atoms with E-state index in [4.69, 9.17) is 0 Å². The van der Waals surface area contributed by atoms with Crippen LogP contribution < -0.4 is 0 Å². The van der Waals surface area contributed by atoms with Gasteiger partial charge in [0, 0.05) is 0 Å². The van der Waals surface area contributed by atoms with E-state index in [-0.39, 0.29) is 41.1 Å². The maximum Gasteiger partial charge on any atom is 4.00 e. The van der Waals surface area contributed by atoms with Crippen molar-refractivity contribution < 1.29 is 26.2 Å². The van der Waals surface area contributed by atoms with Crippen molar-refractivity contribution in [2.24, 2.45) is 5.92 Å². The van der Waals surface area contributed by atoms with E-state index in [1.807, 2.05) is 12.2 Å². The molecule has 0 aromatic carbocycles. The van der Waals surface area contributed by atoms with Crippen molar-refractivity contribution in [2.75, 3.05) is 0 Å². The molecule has 0 bridgehead atoms. The predicted molar refractivity (Wildman–Crippen MR) is 70.9 cm³/mol. The van der Waals surface area contributed by atoms with Gasteiger partial charge in [0.05, 0.1) is 0 Å². The first-order valence-corrected chi connectivity index (χ1v) is 5.44. The minimum atomic E-state index is 0. The molecular weight excluding hydrogens is 271 g/mol. The SMILES string of the molecule is [C-]1=CC=CC1.[CH2-]CC1CCCCC1.[CH3-].[CH3-].[Zr+4]. The Bertz CT molecular complexity index is 154. The summed E-state index contributed by atoms with van der Waals surface area (Å²) in [6.45, 7) is 3.91. The van der Waals surface area contributed by atoms with Gasteiger partial charge in [0.2, 0.25) is 0 Å². The van der Waals surface area contributed by atoms with Gasteiger partial charge in [-0.25, -0.2) is 12.2 Å². The molecular formula is C15H26Zr. The molecule has 0 nitrogen and oxygen atoms in total. The van der Waals surface area contributed by atoms with Crippen LogP contribution in [-0.4, -0.2) is 0 Å². The summed E-state index contributed by atoms with van der Waals surface area (Å²) >= 11 is 0. The van der Waals surface area contributed by atoms with Gasteiger partial charge in [-0.3, -0.25) is 6.08 Å². The van der Waals surface area contributed by atoms with Crippen LogP contribution in [0.15, 0.2) is 18.2 Å². The summed E-state index contributed by atoms with van der Waals surface area (Å²) in [6, 6.07) is 0. The summed E-state index contributed by atoms with van der Waals surface area (Å²) in [5, 5.41) is 0. The van der Waals surface area contributed by atoms with E-state index in [2.05, 4.69) is 19.1 Å². The van der Waals surface area contributed by atoms with Crippen LogP contribution in [0.3, 0.4) is 0 Å². The van der Waals surface area contributed by atoms with Gasteiger partial charge in [0.15, 0.2) is 0 Å². The zero-order valence-corrected chi connectivity index (χ0v) is 13.4. The standard InChI is InChI=1S/C8H15.C5H5.2CH3.Zr/c1-2-8-6-4-3-5-7-8;1-2-4-5-3-1;;;/h8H,1-7H2;1-3H,4H2;2*1H3;/q4*-1;+4. The van der Waals surface area contributed by atoms with Crippen molar-refractivity contribution in [1.82, 2.24) is 0 Å². The maximum absolute atomic E-state index is 3.91. The molecule has 16 heavy (non-hydrogen) atoms. The Hall–Kier alpha value is 0.363. The maximum atomic E-state index is 3.91. The van der Waals surface area contributed by atoms with E-state index in [1.165, 1.54) is 38.5 Å². The summed E-state index contributed by atoms with van der Waals surface area (Å²) in [7, 11) is 0. The summed E-state index contributed by atoms with van der Waals surface area (Å²) in [5.41, 5.74) is 0. The molecule has 0 unspecified atom stereocenters. The smallest absolute Gasteiger partial charge is 0.358 e. The molecule has 0 spiro atoms. The van der Waals surface area contributed by atoms with Crippen LogP contribution in [0.4, 0.5) is 0 Å². The molecule has 1 heteroatoms. The quantitative estimate of drug-likeness (QED) is 0.598. The third-order valence-corrected chi connectivity index (χ3v) is 2.72. The fourth-order valence-electron chi connectivity index (χ4n) is 1.82. The minimum Gasteiger partial charge on any atom is -0.358 e. The second-order valence-electron chi connectivity index (χ2n) is 3.80. The Morgan fingerprint density at radius 2 is 1.75 bits per heavy atom. The van der Waals surface area contributed by atoms with Gasteiger partial charge in [-0.15, -0.1) is 6.42 Å². The molecule has 2 aliphatic carbocycles. The van der Waals surface area contributed by atoms with Crippen molar-refractivity contribution in [2.45, 2.75) is 44.9 Å². The Morgan fingerprint density at radius 3 is 2.00 bits per heavy atom. The molecule has 90 valence electrons. The van der Waals surface area contributed by atoms with E-state index in [9.17, 15) is 0 Å². The summed E-state index contributed by atoms with van der Waals surface area (Å²) < 4.78 is 0. The van der Waals surface area contributed by atoms with Gasteiger partial charge in [0.1, 0.15) is 0 Å². The number of hydrogen-bond donors (Lipinski definition) is 0. The van der Waals surface area contributed by atoms with Gasteiger partial charge in [-0.05, 0) is 0 Å². The van der Waals surface area contributed by atoms with Crippen molar-refractivity contribution >= 4 is 0 Å². The first-order valence-electron chi connectivity index (χ1n) is 5.44. The Morgan fingerprint density at radius 1 is 1.12 bits per heavy atom. The van der Waals surface area contributed by atoms with E-state index >= 15 is 0 Å². The predicted octanol–water partition coefficient (Wildman–Crippen LogP) is 4.99. The largest absolute Gasteiger partial charge is 4.00 e. The third-order valence-electron chi connectivity index (χ3n) is 2.72. The average Bonchev–Trinajstić information content (AvgIpc) is 2.77. The Kier molecular flexibility index (Phi) is 20.8. The van der Waals surface area contributed by atoms with Crippen LogP contribution in [0.25, 0.3) is 0 Å². The second kappa shape index (κ2) is 15.4. The number of rotatable bonds is 1. The van der Waals surface area contributed by atoms with E-state index in [0.717, 1.165) is 12.3 Å². The fraction of sp³-hybridized carbons (Fsp3) is 0.533.